The fraction of sp³-hybridized carbons (Fsp3) is 0.789. The molecule has 142 valence electrons. The van der Waals surface area contributed by atoms with E-state index in [1.165, 1.54) is 19.6 Å². The molecule has 0 spiro atoms. The summed E-state index contributed by atoms with van der Waals surface area (Å²) in [4.78, 5) is 0. The second-order valence-corrected chi connectivity index (χ2v) is 8.01. The quantitative estimate of drug-likeness (QED) is 0.367. The molecule has 0 bridgehead atoms. The van der Waals surface area contributed by atoms with E-state index < -0.39 is 0 Å². The van der Waals surface area contributed by atoms with Crippen molar-refractivity contribution in [2.75, 3.05) is 0 Å². The fourth-order valence-electron chi connectivity index (χ4n) is 0.514. The Bertz CT molecular complexity index is 228. The zero-order valence-electron chi connectivity index (χ0n) is 17.6. The molecule has 0 N–H and O–H groups in total. The van der Waals surface area contributed by atoms with Crippen LogP contribution in [0.15, 0.2) is 15.9 Å². The number of hydrogen-bond acceptors (Lipinski definition) is 1. The van der Waals surface area contributed by atoms with Crippen molar-refractivity contribution in [3.8, 4) is 0 Å². The summed E-state index contributed by atoms with van der Waals surface area (Å²) in [6.45, 7) is 24.5. The summed E-state index contributed by atoms with van der Waals surface area (Å²) in [6.07, 6.45) is 7.54. The fourth-order valence-corrected chi connectivity index (χ4v) is 0.514. The first-order chi connectivity index (χ1) is 10.3. The van der Waals surface area contributed by atoms with Crippen LogP contribution >= 0.6 is 0 Å². The van der Waals surface area contributed by atoms with Crippen molar-refractivity contribution in [3.63, 3.8) is 0 Å². The van der Waals surface area contributed by atoms with E-state index in [0.29, 0.717) is 6.04 Å². The van der Waals surface area contributed by atoms with Gasteiger partial charge in [-0.25, -0.2) is 12.4 Å². The third-order valence-electron chi connectivity index (χ3n) is 1.20. The van der Waals surface area contributed by atoms with E-state index in [2.05, 4.69) is 69.5 Å². The Morgan fingerprint density at radius 2 is 0.957 bits per heavy atom. The molecule has 0 aliphatic heterocycles. The van der Waals surface area contributed by atoms with Gasteiger partial charge in [-0.05, 0) is 0 Å². The first-order valence-electron chi connectivity index (χ1n) is 8.20. The van der Waals surface area contributed by atoms with Crippen molar-refractivity contribution in [1.82, 2.24) is 0 Å². The summed E-state index contributed by atoms with van der Waals surface area (Å²) in [5.41, 5.74) is 0.00775. The monoisotopic (exact) mass is 495 g/mol. The van der Waals surface area contributed by atoms with E-state index in [4.69, 9.17) is 0 Å². The molecule has 0 atom stereocenters. The van der Waals surface area contributed by atoms with Gasteiger partial charge in [0.05, 0.1) is 0 Å². The van der Waals surface area contributed by atoms with Crippen LogP contribution in [0.5, 0.6) is 0 Å². The molecule has 0 saturated heterocycles. The predicted molar refractivity (Wildman–Crippen MR) is 104 cm³/mol. The maximum atomic E-state index is 4.29. The van der Waals surface area contributed by atoms with Crippen LogP contribution in [0.4, 0.5) is 0 Å². The van der Waals surface area contributed by atoms with E-state index >= 15 is 0 Å². The smallest absolute Gasteiger partial charge is 0.192 e. The second kappa shape index (κ2) is 19.9. The van der Waals surface area contributed by atoms with Gasteiger partial charge in [-0.15, -0.1) is 11.1 Å². The minimum absolute atomic E-state index is 0.00387. The summed E-state index contributed by atoms with van der Waals surface area (Å²) in [5, 5.41) is 8.57. The molecule has 0 rings (SSSR count). The molecular formula is C19H41N3W-4. The third kappa shape index (κ3) is 73.2. The zero-order valence-corrected chi connectivity index (χ0v) is 20.6. The van der Waals surface area contributed by atoms with Gasteiger partial charge in [0.15, 0.2) is 0 Å². The van der Waals surface area contributed by atoms with Gasteiger partial charge in [-0.3, -0.25) is 0 Å². The molecule has 3 nitrogen and oxygen atoms in total. The topological polar surface area (TPSA) is 40.6 Å². The van der Waals surface area contributed by atoms with Gasteiger partial charge in [-0.2, -0.15) is 27.7 Å². The predicted octanol–water partition coefficient (Wildman–Crippen LogP) is 7.39. The van der Waals surface area contributed by atoms with Gasteiger partial charge >= 0.3 is 43.0 Å². The van der Waals surface area contributed by atoms with E-state index in [0.717, 1.165) is 0 Å². The Balaban J connectivity index is -0.000000135. The van der Waals surface area contributed by atoms with Crippen molar-refractivity contribution in [1.29, 1.82) is 0 Å². The van der Waals surface area contributed by atoms with Crippen molar-refractivity contribution in [3.05, 3.63) is 35.9 Å². The molecule has 4 heteroatoms. The summed E-state index contributed by atoms with van der Waals surface area (Å²) in [6, 6.07) is 0.546. The molecule has 0 aliphatic rings. The molecule has 0 radical (unpaired) electrons. The van der Waals surface area contributed by atoms with Crippen LogP contribution in [0, 0.1) is 12.8 Å². The summed E-state index contributed by atoms with van der Waals surface area (Å²) < 4.78 is 3.97. The molecule has 0 aliphatic carbocycles. The molecule has 0 aromatic carbocycles. The molecule has 0 amide bonds. The van der Waals surface area contributed by atoms with E-state index in [9.17, 15) is 0 Å². The molecule has 0 heterocycles. The Hall–Kier alpha value is -0.172. The Labute approximate surface area is 159 Å². The second-order valence-electron chi connectivity index (χ2n) is 7.25. The van der Waals surface area contributed by atoms with Gasteiger partial charge in [0.2, 0.25) is 0 Å². The van der Waals surface area contributed by atoms with E-state index in [1.807, 2.05) is 40.5 Å². The maximum absolute atomic E-state index is 4.29. The first-order valence-corrected chi connectivity index (χ1v) is 9.51. The Morgan fingerprint density at radius 1 is 0.783 bits per heavy atom. The van der Waals surface area contributed by atoms with Crippen molar-refractivity contribution in [2.24, 2.45) is 3.50 Å². The summed E-state index contributed by atoms with van der Waals surface area (Å²) >= 11 is 1.33. The van der Waals surface area contributed by atoms with Crippen LogP contribution in [-0.4, -0.2) is 17.1 Å². The summed E-state index contributed by atoms with van der Waals surface area (Å²) in [7, 11) is 0. The average molecular weight is 495 g/mol. The standard InChI is InChI=1S/C10H20N2.C3H7N.2C3H7.W/c1-9(2,3)11-7-8-12-10(4,5)6;1-3(2)4;2*1-3-2;/h7-8H,1-6H3;3H,1-2H3;2*3H,1-2H3;/q-2;;2*-1;/b8-7-;;;;. The normalized spacial score (nSPS) is 10.5. The minimum Gasteiger partial charge on any atom is -0.335 e. The Morgan fingerprint density at radius 3 is 1.04 bits per heavy atom. The largest absolute Gasteiger partial charge is 0.335 e. The average Bonchev–Trinajstić information content (AvgIpc) is 2.35. The molecule has 0 aromatic rings. The molecule has 0 fully saturated rings. The molecular weight excluding hydrogens is 454 g/mol. The minimum atomic E-state index is 0.00387. The zero-order chi connectivity index (χ0) is 19.5. The first kappa shape index (κ1) is 30.7. The van der Waals surface area contributed by atoms with Crippen molar-refractivity contribution >= 4 is 0 Å². The van der Waals surface area contributed by atoms with Crippen LogP contribution in [0.25, 0.3) is 10.6 Å². The van der Waals surface area contributed by atoms with Crippen LogP contribution in [0.1, 0.15) is 83.1 Å². The van der Waals surface area contributed by atoms with Crippen molar-refractivity contribution in [2.45, 2.75) is 100 Å². The molecule has 0 unspecified atom stereocenters. The van der Waals surface area contributed by atoms with Crippen molar-refractivity contribution < 1.29 is 19.6 Å². The third-order valence-corrected chi connectivity index (χ3v) is 2.72. The van der Waals surface area contributed by atoms with Crippen LogP contribution in [0.3, 0.4) is 0 Å². The molecule has 0 saturated carbocycles. The number of rotatable bonds is 3. The molecule has 0 aromatic heterocycles. The number of hydrogen-bond donors (Lipinski definition) is 0. The number of nitrogens with zero attached hydrogens (tertiary/aromatic N) is 3. The summed E-state index contributed by atoms with van der Waals surface area (Å²) in [5.74, 6) is 0. The molecule has 23 heavy (non-hydrogen) atoms. The van der Waals surface area contributed by atoms with Gasteiger partial charge in [0, 0.05) is 0 Å². The van der Waals surface area contributed by atoms with E-state index in [-0.39, 0.29) is 11.1 Å². The van der Waals surface area contributed by atoms with Crippen LogP contribution < -0.4 is 0 Å². The van der Waals surface area contributed by atoms with Crippen LogP contribution in [0.2, 0.25) is 0 Å². The Kier molecular flexibility index (Phi) is 26.5. The van der Waals surface area contributed by atoms with Gasteiger partial charge in [0.1, 0.15) is 0 Å². The van der Waals surface area contributed by atoms with Gasteiger partial charge in [0.25, 0.3) is 0 Å². The van der Waals surface area contributed by atoms with Gasteiger partial charge in [-0.1, -0.05) is 41.5 Å². The van der Waals surface area contributed by atoms with Crippen LogP contribution in [-0.2, 0) is 19.6 Å². The van der Waals surface area contributed by atoms with Gasteiger partial charge < -0.3 is 23.5 Å². The SMILES string of the molecule is CC(C)(C)[N-]/C=C\[N-]C(C)(C)C.CC(C)[N]=[W].C[CH-]C.C[CH-]C. The van der Waals surface area contributed by atoms with E-state index in [1.54, 1.807) is 12.4 Å². The maximum Gasteiger partial charge on any atom is -0.192 e.